The van der Waals surface area contributed by atoms with Crippen molar-refractivity contribution >= 4 is 21.7 Å². The molecule has 2 aromatic rings. The number of nitrogens with zero attached hydrogens (tertiary/aromatic N) is 2. The van der Waals surface area contributed by atoms with Crippen molar-refractivity contribution in [3.8, 4) is 0 Å². The lowest BCUT2D eigenvalue weighted by Crippen LogP contribution is -2.38. The number of nitrogens with one attached hydrogen (secondary N) is 1. The van der Waals surface area contributed by atoms with E-state index in [0.29, 0.717) is 11.4 Å². The normalized spacial score (nSPS) is 15.7. The Labute approximate surface area is 160 Å². The standard InChI is InChI=1S/C20H25N3O3S/c1-15-8-13-19(21-14-15)22-20(24)16-9-11-18(12-10-16)27(25,26)23(2)17-6-4-3-5-7-17/h8-14,17H,3-7H2,1-2H3,(H,21,22,24). The maximum atomic E-state index is 12.9. The van der Waals surface area contributed by atoms with Gasteiger partial charge in [-0.2, -0.15) is 4.31 Å². The van der Waals surface area contributed by atoms with Crippen LogP contribution in [0.25, 0.3) is 0 Å². The first-order chi connectivity index (χ1) is 12.9. The van der Waals surface area contributed by atoms with E-state index in [0.717, 1.165) is 31.2 Å². The van der Waals surface area contributed by atoms with Gasteiger partial charge in [0.2, 0.25) is 10.0 Å². The van der Waals surface area contributed by atoms with Crippen molar-refractivity contribution in [1.29, 1.82) is 0 Å². The zero-order valence-corrected chi connectivity index (χ0v) is 16.5. The molecule has 0 saturated heterocycles. The van der Waals surface area contributed by atoms with Crippen LogP contribution in [0.4, 0.5) is 5.82 Å². The van der Waals surface area contributed by atoms with Crippen molar-refractivity contribution in [3.63, 3.8) is 0 Å². The number of carbonyl (C=O) groups excluding carboxylic acids is 1. The van der Waals surface area contributed by atoms with Gasteiger partial charge in [0.05, 0.1) is 4.90 Å². The van der Waals surface area contributed by atoms with Crippen molar-refractivity contribution in [2.24, 2.45) is 0 Å². The number of hydrogen-bond donors (Lipinski definition) is 1. The highest BCUT2D eigenvalue weighted by Gasteiger charge is 2.29. The summed E-state index contributed by atoms with van der Waals surface area (Å²) < 4.78 is 27.2. The first-order valence-corrected chi connectivity index (χ1v) is 10.6. The Balaban J connectivity index is 1.71. The van der Waals surface area contributed by atoms with Gasteiger partial charge in [-0.05, 0) is 55.7 Å². The smallest absolute Gasteiger partial charge is 0.256 e. The lowest BCUT2D eigenvalue weighted by Gasteiger charge is -2.30. The Morgan fingerprint density at radius 3 is 2.33 bits per heavy atom. The molecule has 144 valence electrons. The number of sulfonamides is 1. The molecule has 0 bridgehead atoms. The van der Waals surface area contributed by atoms with Crippen LogP contribution in [0, 0.1) is 6.92 Å². The number of aromatic nitrogens is 1. The first-order valence-electron chi connectivity index (χ1n) is 9.20. The monoisotopic (exact) mass is 387 g/mol. The molecule has 6 nitrogen and oxygen atoms in total. The molecule has 1 aromatic carbocycles. The molecule has 3 rings (SSSR count). The van der Waals surface area contributed by atoms with E-state index in [1.807, 2.05) is 13.0 Å². The number of amides is 1. The Hall–Kier alpha value is -2.25. The van der Waals surface area contributed by atoms with Gasteiger partial charge in [0.25, 0.3) is 5.91 Å². The highest BCUT2D eigenvalue weighted by atomic mass is 32.2. The van der Waals surface area contributed by atoms with Crippen LogP contribution >= 0.6 is 0 Å². The second-order valence-electron chi connectivity index (χ2n) is 7.01. The van der Waals surface area contributed by atoms with E-state index in [2.05, 4.69) is 10.3 Å². The Bertz CT molecular complexity index is 887. The Morgan fingerprint density at radius 1 is 1.07 bits per heavy atom. The summed E-state index contributed by atoms with van der Waals surface area (Å²) in [4.78, 5) is 16.7. The van der Waals surface area contributed by atoms with Gasteiger partial charge in [-0.15, -0.1) is 0 Å². The minimum absolute atomic E-state index is 0.0549. The fraction of sp³-hybridized carbons (Fsp3) is 0.400. The summed E-state index contributed by atoms with van der Waals surface area (Å²) in [6.07, 6.45) is 6.78. The number of aryl methyl sites for hydroxylation is 1. The summed E-state index contributed by atoms with van der Waals surface area (Å²) in [7, 11) is -1.91. The molecule has 0 atom stereocenters. The maximum absolute atomic E-state index is 12.9. The van der Waals surface area contributed by atoms with Gasteiger partial charge in [-0.1, -0.05) is 25.3 Å². The molecule has 1 aliphatic rings. The van der Waals surface area contributed by atoms with E-state index in [1.54, 1.807) is 19.3 Å². The van der Waals surface area contributed by atoms with Gasteiger partial charge in [0, 0.05) is 24.8 Å². The van der Waals surface area contributed by atoms with Gasteiger partial charge in [0.15, 0.2) is 0 Å². The molecular formula is C20H25N3O3S. The number of benzene rings is 1. The molecule has 1 N–H and O–H groups in total. The van der Waals surface area contributed by atoms with E-state index in [1.165, 1.54) is 35.0 Å². The summed E-state index contributed by atoms with van der Waals surface area (Å²) in [5, 5.41) is 2.71. The molecule has 7 heteroatoms. The van der Waals surface area contributed by atoms with Crippen molar-refractivity contribution < 1.29 is 13.2 Å². The molecule has 1 heterocycles. The van der Waals surface area contributed by atoms with Gasteiger partial charge in [-0.25, -0.2) is 13.4 Å². The van der Waals surface area contributed by atoms with Crippen LogP contribution < -0.4 is 5.32 Å². The quantitative estimate of drug-likeness (QED) is 0.850. The summed E-state index contributed by atoms with van der Waals surface area (Å²) >= 11 is 0. The topological polar surface area (TPSA) is 79.4 Å². The number of pyridine rings is 1. The van der Waals surface area contributed by atoms with Crippen LogP contribution in [-0.4, -0.2) is 36.7 Å². The number of anilines is 1. The molecule has 0 unspecified atom stereocenters. The van der Waals surface area contributed by atoms with Gasteiger partial charge in [0.1, 0.15) is 5.82 Å². The zero-order chi connectivity index (χ0) is 19.4. The van der Waals surface area contributed by atoms with Crippen LogP contribution in [0.2, 0.25) is 0 Å². The number of hydrogen-bond acceptors (Lipinski definition) is 4. The van der Waals surface area contributed by atoms with E-state index in [4.69, 9.17) is 0 Å². The van der Waals surface area contributed by atoms with Crippen LogP contribution in [0.1, 0.15) is 48.0 Å². The molecule has 1 saturated carbocycles. The second-order valence-corrected chi connectivity index (χ2v) is 9.01. The fourth-order valence-electron chi connectivity index (χ4n) is 3.32. The SMILES string of the molecule is Cc1ccc(NC(=O)c2ccc(S(=O)(=O)N(C)C3CCCCC3)cc2)nc1. The lowest BCUT2D eigenvalue weighted by atomic mass is 9.96. The second kappa shape index (κ2) is 8.19. The molecule has 0 aliphatic heterocycles. The molecule has 1 aromatic heterocycles. The van der Waals surface area contributed by atoms with Crippen molar-refractivity contribution in [2.45, 2.75) is 50.0 Å². The summed E-state index contributed by atoms with van der Waals surface area (Å²) in [6, 6.07) is 9.69. The molecule has 0 spiro atoms. The molecule has 1 amide bonds. The van der Waals surface area contributed by atoms with Crippen LogP contribution in [0.5, 0.6) is 0 Å². The van der Waals surface area contributed by atoms with E-state index < -0.39 is 10.0 Å². The van der Waals surface area contributed by atoms with Crippen LogP contribution in [0.3, 0.4) is 0 Å². The largest absolute Gasteiger partial charge is 0.307 e. The van der Waals surface area contributed by atoms with Crippen molar-refractivity contribution in [2.75, 3.05) is 12.4 Å². The third-order valence-corrected chi connectivity index (χ3v) is 6.96. The van der Waals surface area contributed by atoms with E-state index in [-0.39, 0.29) is 16.8 Å². The lowest BCUT2D eigenvalue weighted by molar-refractivity contribution is 0.102. The summed E-state index contributed by atoms with van der Waals surface area (Å²) in [5.74, 6) is 0.135. The molecule has 1 fully saturated rings. The fourth-order valence-corrected chi connectivity index (χ4v) is 4.73. The minimum Gasteiger partial charge on any atom is -0.307 e. The average Bonchev–Trinajstić information content (AvgIpc) is 2.70. The number of carbonyl (C=O) groups is 1. The first kappa shape index (κ1) is 19.5. The van der Waals surface area contributed by atoms with Gasteiger partial charge >= 0.3 is 0 Å². The molecule has 1 aliphatic carbocycles. The van der Waals surface area contributed by atoms with Crippen LogP contribution in [0.15, 0.2) is 47.5 Å². The predicted octanol–water partition coefficient (Wildman–Crippen LogP) is 3.60. The summed E-state index contributed by atoms with van der Waals surface area (Å²) in [6.45, 7) is 1.92. The zero-order valence-electron chi connectivity index (χ0n) is 15.7. The minimum atomic E-state index is -3.56. The van der Waals surface area contributed by atoms with E-state index >= 15 is 0 Å². The third-order valence-electron chi connectivity index (χ3n) is 5.04. The molecular weight excluding hydrogens is 362 g/mol. The van der Waals surface area contributed by atoms with Crippen molar-refractivity contribution in [1.82, 2.24) is 9.29 Å². The van der Waals surface area contributed by atoms with Crippen LogP contribution in [-0.2, 0) is 10.0 Å². The average molecular weight is 388 g/mol. The predicted molar refractivity (Wildman–Crippen MR) is 105 cm³/mol. The maximum Gasteiger partial charge on any atom is 0.256 e. The third kappa shape index (κ3) is 4.54. The van der Waals surface area contributed by atoms with Gasteiger partial charge < -0.3 is 5.32 Å². The molecule has 27 heavy (non-hydrogen) atoms. The van der Waals surface area contributed by atoms with Gasteiger partial charge in [-0.3, -0.25) is 4.79 Å². The molecule has 0 radical (unpaired) electrons. The Kier molecular flexibility index (Phi) is 5.92. The highest BCUT2D eigenvalue weighted by molar-refractivity contribution is 7.89. The number of rotatable bonds is 5. The highest BCUT2D eigenvalue weighted by Crippen LogP contribution is 2.26. The Morgan fingerprint density at radius 2 is 1.74 bits per heavy atom. The van der Waals surface area contributed by atoms with E-state index in [9.17, 15) is 13.2 Å². The van der Waals surface area contributed by atoms with Crippen molar-refractivity contribution in [3.05, 3.63) is 53.7 Å². The summed E-state index contributed by atoms with van der Waals surface area (Å²) in [5.41, 5.74) is 1.39.